The van der Waals surface area contributed by atoms with Gasteiger partial charge >= 0.3 is 0 Å². The van der Waals surface area contributed by atoms with E-state index in [1.807, 2.05) is 0 Å². The van der Waals surface area contributed by atoms with Gasteiger partial charge in [-0.05, 0) is 43.5 Å². The number of amides is 3. The number of carbonyl (C=O) groups excluding carboxylic acids is 3. The number of rotatable bonds is 6. The zero-order chi connectivity index (χ0) is 22.7. The summed E-state index contributed by atoms with van der Waals surface area (Å²) in [6.45, 7) is 0. The molecule has 1 aliphatic carbocycles. The number of nitrogens with one attached hydrogen (secondary N) is 3. The Bertz CT molecular complexity index is 1160. The number of thiazole rings is 2. The molecule has 2 heterocycles. The minimum Gasteiger partial charge on any atom is -0.359 e. The van der Waals surface area contributed by atoms with Crippen molar-refractivity contribution in [1.82, 2.24) is 15.3 Å². The Balaban J connectivity index is 1.44. The summed E-state index contributed by atoms with van der Waals surface area (Å²) in [7, 11) is 1.57. The van der Waals surface area contributed by atoms with Gasteiger partial charge in [0.2, 0.25) is 11.8 Å². The quantitative estimate of drug-likeness (QED) is 0.486. The van der Waals surface area contributed by atoms with E-state index in [1.54, 1.807) is 36.7 Å². The minimum atomic E-state index is -0.414. The van der Waals surface area contributed by atoms with Gasteiger partial charge in [0.05, 0.1) is 23.7 Å². The van der Waals surface area contributed by atoms with E-state index in [2.05, 4.69) is 25.9 Å². The van der Waals surface area contributed by atoms with Gasteiger partial charge in [-0.1, -0.05) is 11.6 Å². The Morgan fingerprint density at radius 1 is 1.12 bits per heavy atom. The molecule has 1 unspecified atom stereocenters. The highest BCUT2D eigenvalue weighted by molar-refractivity contribution is 7.16. The lowest BCUT2D eigenvalue weighted by Crippen LogP contribution is -2.24. The number of halogens is 1. The van der Waals surface area contributed by atoms with Gasteiger partial charge < -0.3 is 10.6 Å². The van der Waals surface area contributed by atoms with Crippen LogP contribution in [0.25, 0.3) is 0 Å². The van der Waals surface area contributed by atoms with E-state index in [4.69, 9.17) is 11.6 Å². The Morgan fingerprint density at radius 2 is 1.91 bits per heavy atom. The smallest absolute Gasteiger partial charge is 0.257 e. The number of hydrogen-bond donors (Lipinski definition) is 3. The third-order valence-corrected chi connectivity index (χ3v) is 7.10. The fraction of sp³-hybridized carbons (Fsp3) is 0.286. The van der Waals surface area contributed by atoms with Crippen LogP contribution in [0.1, 0.15) is 45.4 Å². The van der Waals surface area contributed by atoms with E-state index in [-0.39, 0.29) is 24.1 Å². The van der Waals surface area contributed by atoms with Gasteiger partial charge in [-0.3, -0.25) is 19.7 Å². The number of anilines is 2. The van der Waals surface area contributed by atoms with Crippen molar-refractivity contribution < 1.29 is 14.4 Å². The standard InChI is InChI=1S/C21H20ClN5O3S2/c1-23-16(28)9-13-10-31-20(24-13)27-19(30)14-3-2-4-15-17(14)25-21(32-15)26-18(29)11-5-7-12(22)8-6-11/h5-8,10,14H,2-4,9H2,1H3,(H,23,28)(H,24,27,30)(H,25,26,29). The average molecular weight is 490 g/mol. The maximum absolute atomic E-state index is 12.9. The van der Waals surface area contributed by atoms with Gasteiger partial charge in [-0.15, -0.1) is 22.7 Å². The molecule has 32 heavy (non-hydrogen) atoms. The van der Waals surface area contributed by atoms with E-state index < -0.39 is 5.92 Å². The van der Waals surface area contributed by atoms with Gasteiger partial charge in [-0.2, -0.15) is 0 Å². The molecule has 11 heteroatoms. The number of hydrogen-bond acceptors (Lipinski definition) is 7. The molecule has 1 atom stereocenters. The predicted molar refractivity (Wildman–Crippen MR) is 126 cm³/mol. The molecule has 0 aliphatic heterocycles. The van der Waals surface area contributed by atoms with Crippen LogP contribution >= 0.6 is 34.3 Å². The number of aryl methyl sites for hydroxylation is 1. The third kappa shape index (κ3) is 5.14. The summed E-state index contributed by atoms with van der Waals surface area (Å²) >= 11 is 8.55. The van der Waals surface area contributed by atoms with Gasteiger partial charge in [0, 0.05) is 27.9 Å². The molecule has 2 aromatic heterocycles. The van der Waals surface area contributed by atoms with Gasteiger partial charge in [0.25, 0.3) is 5.91 Å². The van der Waals surface area contributed by atoms with E-state index in [0.717, 1.165) is 17.7 Å². The summed E-state index contributed by atoms with van der Waals surface area (Å²) in [5, 5.41) is 11.4. The number of benzene rings is 1. The van der Waals surface area contributed by atoms with Crippen LogP contribution in [-0.4, -0.2) is 34.7 Å². The Morgan fingerprint density at radius 3 is 2.66 bits per heavy atom. The van der Waals surface area contributed by atoms with Crippen molar-refractivity contribution in [3.8, 4) is 0 Å². The molecule has 0 bridgehead atoms. The molecule has 1 aliphatic rings. The molecule has 166 valence electrons. The van der Waals surface area contributed by atoms with E-state index in [1.165, 1.54) is 22.7 Å². The summed E-state index contributed by atoms with van der Waals surface area (Å²) in [5.41, 5.74) is 1.79. The SMILES string of the molecule is CNC(=O)Cc1csc(NC(=O)C2CCCc3sc(NC(=O)c4ccc(Cl)cc4)nc32)n1. The van der Waals surface area contributed by atoms with Crippen molar-refractivity contribution in [2.45, 2.75) is 31.6 Å². The normalized spacial score (nSPS) is 15.0. The predicted octanol–water partition coefficient (Wildman–Crippen LogP) is 3.85. The van der Waals surface area contributed by atoms with E-state index in [9.17, 15) is 14.4 Å². The monoisotopic (exact) mass is 489 g/mol. The lowest BCUT2D eigenvalue weighted by atomic mass is 9.90. The lowest BCUT2D eigenvalue weighted by Gasteiger charge is -2.19. The molecule has 0 saturated carbocycles. The molecular weight excluding hydrogens is 470 g/mol. The Kier molecular flexibility index (Phi) is 6.83. The molecule has 3 aromatic rings. The van der Waals surface area contributed by atoms with Crippen molar-refractivity contribution in [2.75, 3.05) is 17.7 Å². The largest absolute Gasteiger partial charge is 0.359 e. The molecule has 3 N–H and O–H groups in total. The second kappa shape index (κ2) is 9.76. The van der Waals surface area contributed by atoms with Crippen LogP contribution in [0.3, 0.4) is 0 Å². The second-order valence-corrected chi connectivity index (χ2v) is 9.59. The summed E-state index contributed by atoms with van der Waals surface area (Å²) < 4.78 is 0. The second-order valence-electron chi connectivity index (χ2n) is 7.22. The number of likely N-dealkylation sites (N-methyl/N-ethyl adjacent to an activating group) is 1. The van der Waals surface area contributed by atoms with Crippen LogP contribution in [0.2, 0.25) is 5.02 Å². The number of nitrogens with zero attached hydrogens (tertiary/aromatic N) is 2. The Hall–Kier alpha value is -2.82. The number of aromatic nitrogens is 2. The topological polar surface area (TPSA) is 113 Å². The highest BCUT2D eigenvalue weighted by atomic mass is 35.5. The molecule has 0 fully saturated rings. The van der Waals surface area contributed by atoms with Gasteiger partial charge in [-0.25, -0.2) is 9.97 Å². The molecule has 0 saturated heterocycles. The van der Waals surface area contributed by atoms with Crippen LogP contribution in [0.15, 0.2) is 29.6 Å². The third-order valence-electron chi connectivity index (χ3n) is 5.00. The van der Waals surface area contributed by atoms with Crippen molar-refractivity contribution in [3.05, 3.63) is 56.5 Å². The first-order chi connectivity index (χ1) is 15.4. The molecule has 0 spiro atoms. The maximum Gasteiger partial charge on any atom is 0.257 e. The van der Waals surface area contributed by atoms with Crippen LogP contribution in [0.5, 0.6) is 0 Å². The molecule has 3 amide bonds. The lowest BCUT2D eigenvalue weighted by molar-refractivity contribution is -0.120. The molecule has 4 rings (SSSR count). The van der Waals surface area contributed by atoms with Crippen molar-refractivity contribution in [2.24, 2.45) is 0 Å². The Labute approximate surface area is 197 Å². The maximum atomic E-state index is 12.9. The molecule has 8 nitrogen and oxygen atoms in total. The van der Waals surface area contributed by atoms with Gasteiger partial charge in [0.15, 0.2) is 10.3 Å². The van der Waals surface area contributed by atoms with Crippen LogP contribution in [-0.2, 0) is 22.4 Å². The highest BCUT2D eigenvalue weighted by Crippen LogP contribution is 2.37. The number of carbonyl (C=O) groups is 3. The van der Waals surface area contributed by atoms with E-state index in [0.29, 0.717) is 38.7 Å². The highest BCUT2D eigenvalue weighted by Gasteiger charge is 2.31. The minimum absolute atomic E-state index is 0.138. The number of fused-ring (bicyclic) bond motifs is 1. The first-order valence-electron chi connectivity index (χ1n) is 9.95. The van der Waals surface area contributed by atoms with Crippen molar-refractivity contribution in [1.29, 1.82) is 0 Å². The fourth-order valence-electron chi connectivity index (χ4n) is 3.39. The van der Waals surface area contributed by atoms with Crippen LogP contribution in [0, 0.1) is 0 Å². The van der Waals surface area contributed by atoms with Crippen molar-refractivity contribution in [3.63, 3.8) is 0 Å². The van der Waals surface area contributed by atoms with E-state index >= 15 is 0 Å². The van der Waals surface area contributed by atoms with Crippen LogP contribution < -0.4 is 16.0 Å². The summed E-state index contributed by atoms with van der Waals surface area (Å²) in [5.74, 6) is -1.02. The first kappa shape index (κ1) is 22.4. The molecular formula is C21H20ClN5O3S2. The zero-order valence-electron chi connectivity index (χ0n) is 17.1. The van der Waals surface area contributed by atoms with Crippen LogP contribution in [0.4, 0.5) is 10.3 Å². The molecule has 0 radical (unpaired) electrons. The first-order valence-corrected chi connectivity index (χ1v) is 12.0. The summed E-state index contributed by atoms with van der Waals surface area (Å²) in [6.07, 6.45) is 2.52. The van der Waals surface area contributed by atoms with Gasteiger partial charge in [0.1, 0.15) is 0 Å². The average Bonchev–Trinajstić information content (AvgIpc) is 3.39. The fourth-order valence-corrected chi connectivity index (χ4v) is 5.29. The zero-order valence-corrected chi connectivity index (χ0v) is 19.5. The van der Waals surface area contributed by atoms with Crippen molar-refractivity contribution >= 4 is 62.3 Å². The summed E-state index contributed by atoms with van der Waals surface area (Å²) in [4.78, 5) is 46.8. The summed E-state index contributed by atoms with van der Waals surface area (Å²) in [6, 6.07) is 6.60. The molecule has 1 aromatic carbocycles.